The molecule has 1 amide bonds. The third-order valence-electron chi connectivity index (χ3n) is 5.40. The van der Waals surface area contributed by atoms with Gasteiger partial charge in [0, 0.05) is 26.9 Å². The summed E-state index contributed by atoms with van der Waals surface area (Å²) in [6.45, 7) is 2.85. The lowest BCUT2D eigenvalue weighted by atomic mass is 10.2. The largest absolute Gasteiger partial charge is 0.388 e. The minimum atomic E-state index is -2.99. The fourth-order valence-electron chi connectivity index (χ4n) is 3.64. The molecule has 3 atom stereocenters. The number of carbonyl (C=O) groups is 1. The van der Waals surface area contributed by atoms with Gasteiger partial charge in [-0.1, -0.05) is 18.6 Å². The van der Waals surface area contributed by atoms with Gasteiger partial charge < -0.3 is 20.5 Å². The number of likely N-dealkylation sites (N-methyl/N-ethyl adjacent to an activating group) is 1. The van der Waals surface area contributed by atoms with E-state index in [1.807, 2.05) is 0 Å². The summed E-state index contributed by atoms with van der Waals surface area (Å²) < 4.78 is 36.0. The molecule has 3 aromatic heterocycles. The SMILES string of the molecule is CCCCn1cc(-c2nc(NCC(C)(F)F)c3ncn([C@@H]4O[C@H](C(=O)NC)C[C@H]4O)c3n2)nn1. The minimum Gasteiger partial charge on any atom is -0.388 e. The molecule has 34 heavy (non-hydrogen) atoms. The topological polar surface area (TPSA) is 145 Å². The van der Waals surface area contributed by atoms with Crippen molar-refractivity contribution in [2.75, 3.05) is 18.9 Å². The van der Waals surface area contributed by atoms with Crippen LogP contribution in [0.2, 0.25) is 0 Å². The molecule has 0 radical (unpaired) electrons. The number of alkyl halides is 2. The molecule has 0 saturated carbocycles. The van der Waals surface area contributed by atoms with Gasteiger partial charge in [-0.05, 0) is 6.42 Å². The van der Waals surface area contributed by atoms with E-state index in [-0.39, 0.29) is 35.1 Å². The van der Waals surface area contributed by atoms with E-state index in [9.17, 15) is 18.7 Å². The highest BCUT2D eigenvalue weighted by Crippen LogP contribution is 2.33. The number of unbranched alkanes of at least 4 members (excludes halogenated alkanes) is 1. The Morgan fingerprint density at radius 2 is 2.18 bits per heavy atom. The van der Waals surface area contributed by atoms with E-state index in [4.69, 9.17) is 4.74 Å². The summed E-state index contributed by atoms with van der Waals surface area (Å²) in [6.07, 6.45) is 2.22. The first-order chi connectivity index (χ1) is 16.2. The highest BCUT2D eigenvalue weighted by atomic mass is 19.3. The van der Waals surface area contributed by atoms with Gasteiger partial charge in [-0.25, -0.2) is 23.7 Å². The van der Waals surface area contributed by atoms with E-state index >= 15 is 0 Å². The highest BCUT2D eigenvalue weighted by Gasteiger charge is 2.39. The van der Waals surface area contributed by atoms with Gasteiger partial charge in [-0.15, -0.1) is 5.10 Å². The molecule has 1 aliphatic heterocycles. The molecule has 4 heterocycles. The average Bonchev–Trinajstić information content (AvgIpc) is 3.53. The molecule has 3 N–H and O–H groups in total. The van der Waals surface area contributed by atoms with Crippen LogP contribution < -0.4 is 10.6 Å². The summed E-state index contributed by atoms with van der Waals surface area (Å²) in [5.41, 5.74) is 0.801. The summed E-state index contributed by atoms with van der Waals surface area (Å²) in [5, 5.41) is 23.9. The number of aliphatic hydroxyl groups excluding tert-OH is 1. The van der Waals surface area contributed by atoms with E-state index in [0.29, 0.717) is 12.2 Å². The van der Waals surface area contributed by atoms with Crippen molar-refractivity contribution in [1.29, 1.82) is 0 Å². The molecule has 0 unspecified atom stereocenters. The van der Waals surface area contributed by atoms with Crippen molar-refractivity contribution >= 4 is 22.9 Å². The van der Waals surface area contributed by atoms with Crippen molar-refractivity contribution in [2.24, 2.45) is 0 Å². The van der Waals surface area contributed by atoms with Gasteiger partial charge in [-0.3, -0.25) is 14.0 Å². The molecular formula is C20H27F2N9O3. The van der Waals surface area contributed by atoms with Crippen LogP contribution in [-0.4, -0.2) is 77.2 Å². The van der Waals surface area contributed by atoms with Crippen molar-refractivity contribution in [2.45, 2.75) is 64.0 Å². The Labute approximate surface area is 193 Å². The summed E-state index contributed by atoms with van der Waals surface area (Å²) in [6, 6.07) is 0. The maximum atomic E-state index is 13.6. The Hall–Kier alpha value is -3.26. The predicted octanol–water partition coefficient (Wildman–Crippen LogP) is 1.35. The van der Waals surface area contributed by atoms with Crippen LogP contribution in [0.15, 0.2) is 12.5 Å². The normalized spacial score (nSPS) is 20.7. The number of aromatic nitrogens is 7. The molecular weight excluding hydrogens is 452 g/mol. The number of halogens is 2. The Morgan fingerprint density at radius 3 is 2.88 bits per heavy atom. The number of imidazole rings is 1. The molecule has 0 aliphatic carbocycles. The zero-order valence-corrected chi connectivity index (χ0v) is 19.1. The van der Waals surface area contributed by atoms with Crippen molar-refractivity contribution in [3.05, 3.63) is 12.5 Å². The molecule has 1 aliphatic rings. The maximum Gasteiger partial charge on any atom is 0.262 e. The highest BCUT2D eigenvalue weighted by molar-refractivity contribution is 5.85. The van der Waals surface area contributed by atoms with Crippen molar-refractivity contribution < 1.29 is 23.4 Å². The lowest BCUT2D eigenvalue weighted by Gasteiger charge is -2.17. The van der Waals surface area contributed by atoms with Crippen LogP contribution in [0.1, 0.15) is 39.3 Å². The Kier molecular flexibility index (Phi) is 6.70. The van der Waals surface area contributed by atoms with Gasteiger partial charge in [0.05, 0.1) is 19.1 Å². The number of rotatable bonds is 9. The zero-order chi connectivity index (χ0) is 24.5. The quantitative estimate of drug-likeness (QED) is 0.414. The van der Waals surface area contributed by atoms with E-state index in [0.717, 1.165) is 19.8 Å². The first-order valence-corrected chi connectivity index (χ1v) is 11.0. The van der Waals surface area contributed by atoms with Gasteiger partial charge in [0.25, 0.3) is 5.92 Å². The Balaban J connectivity index is 1.74. The number of hydrogen-bond acceptors (Lipinski definition) is 9. The summed E-state index contributed by atoms with van der Waals surface area (Å²) >= 11 is 0. The number of nitrogens with zero attached hydrogens (tertiary/aromatic N) is 7. The van der Waals surface area contributed by atoms with E-state index in [1.165, 1.54) is 17.9 Å². The van der Waals surface area contributed by atoms with Gasteiger partial charge in [0.15, 0.2) is 29.0 Å². The number of aliphatic hydroxyl groups is 1. The first kappa shape index (κ1) is 23.9. The second kappa shape index (κ2) is 9.54. The number of anilines is 1. The van der Waals surface area contributed by atoms with Crippen molar-refractivity contribution in [1.82, 2.24) is 39.8 Å². The molecule has 1 fully saturated rings. The second-order valence-corrected chi connectivity index (χ2v) is 8.30. The summed E-state index contributed by atoms with van der Waals surface area (Å²) in [7, 11) is 1.48. The standard InChI is InChI=1S/C20H27F2N9O3/c1-4-5-6-30-8-11(28-29-30)15-26-16(24-9-20(2,21)22)14-17(27-15)31(10-25-14)19-12(32)7-13(34-19)18(33)23-3/h8,10,12-13,19,32H,4-7,9H2,1-3H3,(H,23,33)(H,24,26,27)/t12-,13+,19-/m1/s1. The lowest BCUT2D eigenvalue weighted by molar-refractivity contribution is -0.134. The Bertz CT molecular complexity index is 1160. The molecule has 0 aromatic carbocycles. The van der Waals surface area contributed by atoms with Gasteiger partial charge >= 0.3 is 0 Å². The number of aryl methyl sites for hydroxylation is 1. The third kappa shape index (κ3) is 4.97. The van der Waals surface area contributed by atoms with E-state index < -0.39 is 30.9 Å². The van der Waals surface area contributed by atoms with Crippen LogP contribution in [0.4, 0.5) is 14.6 Å². The maximum absolute atomic E-state index is 13.6. The van der Waals surface area contributed by atoms with Crippen molar-refractivity contribution in [3.8, 4) is 11.5 Å². The summed E-state index contributed by atoms with van der Waals surface area (Å²) in [4.78, 5) is 25.2. The van der Waals surface area contributed by atoms with Crippen molar-refractivity contribution in [3.63, 3.8) is 0 Å². The van der Waals surface area contributed by atoms with Gasteiger partial charge in [-0.2, -0.15) is 0 Å². The zero-order valence-electron chi connectivity index (χ0n) is 19.1. The number of carbonyl (C=O) groups excluding carboxylic acids is 1. The predicted molar refractivity (Wildman–Crippen MR) is 117 cm³/mol. The van der Waals surface area contributed by atoms with Crippen LogP contribution in [-0.2, 0) is 16.1 Å². The molecule has 0 spiro atoms. The molecule has 14 heteroatoms. The van der Waals surface area contributed by atoms with Crippen LogP contribution in [0.3, 0.4) is 0 Å². The van der Waals surface area contributed by atoms with Crippen LogP contribution in [0.25, 0.3) is 22.7 Å². The van der Waals surface area contributed by atoms with Gasteiger partial charge in [0.2, 0.25) is 5.91 Å². The van der Waals surface area contributed by atoms with E-state index in [2.05, 4.69) is 42.8 Å². The number of amides is 1. The molecule has 1 saturated heterocycles. The smallest absolute Gasteiger partial charge is 0.262 e. The molecule has 184 valence electrons. The summed E-state index contributed by atoms with van der Waals surface area (Å²) in [5.74, 6) is -3.13. The Morgan fingerprint density at radius 1 is 1.38 bits per heavy atom. The number of hydrogen-bond donors (Lipinski definition) is 3. The first-order valence-electron chi connectivity index (χ1n) is 11.0. The molecule has 0 bridgehead atoms. The lowest BCUT2D eigenvalue weighted by Crippen LogP contribution is -2.31. The second-order valence-electron chi connectivity index (χ2n) is 8.30. The third-order valence-corrected chi connectivity index (χ3v) is 5.40. The van der Waals surface area contributed by atoms with Crippen LogP contribution in [0, 0.1) is 0 Å². The monoisotopic (exact) mass is 479 g/mol. The molecule has 4 rings (SSSR count). The fraction of sp³-hybridized carbons (Fsp3) is 0.600. The fourth-order valence-corrected chi connectivity index (χ4v) is 3.64. The number of nitrogens with one attached hydrogen (secondary N) is 2. The van der Waals surface area contributed by atoms with Gasteiger partial charge in [0.1, 0.15) is 17.9 Å². The molecule has 12 nitrogen and oxygen atoms in total. The number of ether oxygens (including phenoxy) is 1. The molecule has 3 aromatic rings. The van der Waals surface area contributed by atoms with E-state index in [1.54, 1.807) is 10.9 Å². The van der Waals surface area contributed by atoms with Crippen LogP contribution in [0.5, 0.6) is 0 Å². The minimum absolute atomic E-state index is 0.0821. The van der Waals surface area contributed by atoms with Crippen LogP contribution >= 0.6 is 0 Å². The average molecular weight is 479 g/mol. The number of fused-ring (bicyclic) bond motifs is 1.